The number of carbonyl (C=O) groups is 4. The van der Waals surface area contributed by atoms with Gasteiger partial charge in [-0.25, -0.2) is 0 Å². The number of carbonyl (C=O) groups excluding carboxylic acids is 4. The lowest BCUT2D eigenvalue weighted by atomic mass is 10.2. The van der Waals surface area contributed by atoms with Crippen LogP contribution in [0.2, 0.25) is 0 Å². The Kier molecular flexibility index (Phi) is 1.83. The van der Waals surface area contributed by atoms with E-state index < -0.39 is 29.7 Å². The average Bonchev–Trinajstić information content (AvgIpc) is 2.57. The van der Waals surface area contributed by atoms with E-state index in [1.165, 1.54) is 0 Å². The summed E-state index contributed by atoms with van der Waals surface area (Å²) in [5.74, 6) is -2.03. The highest BCUT2D eigenvalue weighted by Gasteiger charge is 2.44. The maximum absolute atomic E-state index is 11.2. The van der Waals surface area contributed by atoms with Crippen LogP contribution in [-0.2, 0) is 19.2 Å². The van der Waals surface area contributed by atoms with Gasteiger partial charge in [0.15, 0.2) is 0 Å². The van der Waals surface area contributed by atoms with Gasteiger partial charge in [0, 0.05) is 12.8 Å². The molecule has 0 bridgehead atoms. The molecule has 0 N–H and O–H groups in total. The van der Waals surface area contributed by atoms with Crippen LogP contribution in [0.25, 0.3) is 0 Å². The van der Waals surface area contributed by atoms with Crippen LogP contribution in [0.1, 0.15) is 19.3 Å². The summed E-state index contributed by atoms with van der Waals surface area (Å²) in [5.41, 5.74) is 0. The molecular weight excluding hydrogens is 188 g/mol. The molecule has 0 saturated carbocycles. The van der Waals surface area contributed by atoms with Gasteiger partial charge in [-0.05, 0) is 0 Å². The fourth-order valence-corrected chi connectivity index (χ4v) is 1.64. The van der Waals surface area contributed by atoms with Gasteiger partial charge < -0.3 is 0 Å². The molecule has 14 heavy (non-hydrogen) atoms. The Morgan fingerprint density at radius 2 is 1.64 bits per heavy atom. The van der Waals surface area contributed by atoms with Crippen molar-refractivity contribution in [2.45, 2.75) is 25.3 Å². The maximum Gasteiger partial charge on any atom is 0.272 e. The lowest BCUT2D eigenvalue weighted by Crippen LogP contribution is -2.42. The predicted octanol–water partition coefficient (Wildman–Crippen LogP) is -1.43. The molecule has 1 unspecified atom stereocenters. The van der Waals surface area contributed by atoms with Gasteiger partial charge in [-0.2, -0.15) is 5.32 Å². The molecule has 2 aliphatic rings. The van der Waals surface area contributed by atoms with E-state index in [-0.39, 0.29) is 19.3 Å². The Balaban J connectivity index is 2.22. The minimum absolute atomic E-state index is 0.122. The quantitative estimate of drug-likeness (QED) is 0.480. The highest BCUT2D eigenvalue weighted by atomic mass is 16.2. The van der Waals surface area contributed by atoms with Gasteiger partial charge >= 0.3 is 0 Å². The van der Waals surface area contributed by atoms with E-state index in [1.807, 2.05) is 0 Å². The van der Waals surface area contributed by atoms with Gasteiger partial charge in [-0.1, -0.05) is 0 Å². The van der Waals surface area contributed by atoms with Crippen LogP contribution in [0.4, 0.5) is 0 Å². The number of amides is 4. The topological polar surface area (TPSA) is 85.6 Å². The van der Waals surface area contributed by atoms with Crippen molar-refractivity contribution in [3.63, 3.8) is 0 Å². The zero-order chi connectivity index (χ0) is 10.3. The van der Waals surface area contributed by atoms with E-state index >= 15 is 0 Å². The summed E-state index contributed by atoms with van der Waals surface area (Å²) in [4.78, 5) is 45.2. The molecule has 4 amide bonds. The molecule has 6 nitrogen and oxygen atoms in total. The van der Waals surface area contributed by atoms with Crippen LogP contribution < -0.4 is 5.32 Å². The number of hydrogen-bond donors (Lipinski definition) is 0. The number of nitrogens with zero attached hydrogens (tertiary/aromatic N) is 2. The number of likely N-dealkylation sites (tertiary alicyclic amines) is 1. The van der Waals surface area contributed by atoms with Crippen molar-refractivity contribution in [1.29, 1.82) is 0 Å². The third kappa shape index (κ3) is 1.19. The zero-order valence-corrected chi connectivity index (χ0v) is 7.23. The summed E-state index contributed by atoms with van der Waals surface area (Å²) < 4.78 is 0. The smallest absolute Gasteiger partial charge is 0.272 e. The van der Waals surface area contributed by atoms with Crippen LogP contribution in [0, 0.1) is 0 Å². The largest absolute Gasteiger partial charge is 0.274 e. The van der Waals surface area contributed by atoms with E-state index in [9.17, 15) is 19.2 Å². The second kappa shape index (κ2) is 2.90. The zero-order valence-electron chi connectivity index (χ0n) is 7.23. The lowest BCUT2D eigenvalue weighted by Gasteiger charge is -2.17. The highest BCUT2D eigenvalue weighted by molar-refractivity contribution is 6.11. The summed E-state index contributed by atoms with van der Waals surface area (Å²) in [6.07, 6.45) is 0.0872. The molecule has 0 aromatic rings. The molecule has 2 aliphatic heterocycles. The molecule has 1 atom stereocenters. The average molecular weight is 195 g/mol. The van der Waals surface area contributed by atoms with Crippen LogP contribution in [0.3, 0.4) is 0 Å². The molecule has 1 radical (unpaired) electrons. The minimum Gasteiger partial charge on any atom is -0.274 e. The Hall–Kier alpha value is -1.72. The molecular formula is C8H7N2O4. The van der Waals surface area contributed by atoms with Crippen molar-refractivity contribution in [1.82, 2.24) is 10.2 Å². The number of hydrogen-bond acceptors (Lipinski definition) is 4. The Bertz CT molecular complexity index is 333. The first-order valence-corrected chi connectivity index (χ1v) is 4.23. The summed E-state index contributed by atoms with van der Waals surface area (Å²) >= 11 is 0. The molecule has 2 heterocycles. The van der Waals surface area contributed by atoms with Crippen molar-refractivity contribution in [2.24, 2.45) is 0 Å². The first kappa shape index (κ1) is 8.86. The second-order valence-corrected chi connectivity index (χ2v) is 3.22. The lowest BCUT2D eigenvalue weighted by molar-refractivity contribution is -0.145. The summed E-state index contributed by atoms with van der Waals surface area (Å²) in [7, 11) is 0. The van der Waals surface area contributed by atoms with Crippen LogP contribution in [-0.4, -0.2) is 34.6 Å². The normalized spacial score (nSPS) is 27.4. The molecule has 0 aromatic carbocycles. The summed E-state index contributed by atoms with van der Waals surface area (Å²) in [6, 6.07) is -0.968. The third-order valence-corrected chi connectivity index (χ3v) is 2.29. The summed E-state index contributed by atoms with van der Waals surface area (Å²) in [6.45, 7) is 0. The van der Waals surface area contributed by atoms with E-state index in [0.29, 0.717) is 0 Å². The van der Waals surface area contributed by atoms with E-state index in [0.717, 1.165) is 4.90 Å². The predicted molar refractivity (Wildman–Crippen MR) is 41.6 cm³/mol. The second-order valence-electron chi connectivity index (χ2n) is 3.22. The van der Waals surface area contributed by atoms with Gasteiger partial charge in [0.2, 0.25) is 11.8 Å². The van der Waals surface area contributed by atoms with Crippen molar-refractivity contribution >= 4 is 23.6 Å². The van der Waals surface area contributed by atoms with Gasteiger partial charge in [0.1, 0.15) is 6.04 Å². The Labute approximate surface area is 79.2 Å². The van der Waals surface area contributed by atoms with Gasteiger partial charge in [0.25, 0.3) is 11.8 Å². The van der Waals surface area contributed by atoms with Gasteiger partial charge in [0.05, 0.1) is 6.42 Å². The van der Waals surface area contributed by atoms with Crippen LogP contribution in [0.5, 0.6) is 0 Å². The van der Waals surface area contributed by atoms with Crippen molar-refractivity contribution < 1.29 is 19.2 Å². The van der Waals surface area contributed by atoms with Gasteiger partial charge in [-0.3, -0.25) is 24.1 Å². The first-order chi connectivity index (χ1) is 6.59. The van der Waals surface area contributed by atoms with Crippen LogP contribution in [0.15, 0.2) is 0 Å². The Morgan fingerprint density at radius 3 is 2.07 bits per heavy atom. The SMILES string of the molecule is O=C1CC(N2C(=O)CCC2=O)C(=O)[N]1. The van der Waals surface area contributed by atoms with E-state index in [1.54, 1.807) is 0 Å². The minimum atomic E-state index is -0.968. The van der Waals surface area contributed by atoms with Crippen molar-refractivity contribution in [3.8, 4) is 0 Å². The fourth-order valence-electron chi connectivity index (χ4n) is 1.64. The Morgan fingerprint density at radius 1 is 1.07 bits per heavy atom. The standard InChI is InChI=1S/C8H7N2O4/c11-5-3-4(8(14)9-5)10-6(12)1-2-7(10)13/h4H,1-3H2. The van der Waals surface area contributed by atoms with E-state index in [4.69, 9.17) is 0 Å². The molecule has 2 fully saturated rings. The van der Waals surface area contributed by atoms with Crippen LogP contribution >= 0.6 is 0 Å². The first-order valence-electron chi connectivity index (χ1n) is 4.23. The summed E-state index contributed by atoms with van der Waals surface area (Å²) in [5, 5.41) is 3.16. The molecule has 0 spiro atoms. The molecule has 0 aliphatic carbocycles. The number of imide groups is 2. The van der Waals surface area contributed by atoms with E-state index in [2.05, 4.69) is 5.32 Å². The number of rotatable bonds is 1. The highest BCUT2D eigenvalue weighted by Crippen LogP contribution is 2.20. The third-order valence-electron chi connectivity index (χ3n) is 2.29. The maximum atomic E-state index is 11.2. The fraction of sp³-hybridized carbons (Fsp3) is 0.500. The molecule has 0 aromatic heterocycles. The monoisotopic (exact) mass is 195 g/mol. The van der Waals surface area contributed by atoms with Gasteiger partial charge in [-0.15, -0.1) is 0 Å². The molecule has 2 saturated heterocycles. The molecule has 2 rings (SSSR count). The molecule has 73 valence electrons. The van der Waals surface area contributed by atoms with Crippen molar-refractivity contribution in [2.75, 3.05) is 0 Å². The molecule has 6 heteroatoms. The van der Waals surface area contributed by atoms with Crippen molar-refractivity contribution in [3.05, 3.63) is 0 Å².